The first-order valence-electron chi connectivity index (χ1n) is 3.30. The van der Waals surface area contributed by atoms with Crippen LogP contribution in [0, 0.1) is 6.92 Å². The van der Waals surface area contributed by atoms with E-state index < -0.39 is 17.5 Å². The molecule has 3 nitrogen and oxygen atoms in total. The number of aromatic amines is 1. The summed E-state index contributed by atoms with van der Waals surface area (Å²) >= 11 is 0. The number of alkyl halides is 2. The molecule has 1 aromatic heterocycles. The van der Waals surface area contributed by atoms with Crippen molar-refractivity contribution >= 4 is 5.69 Å². The molecular formula is C7H8F2N2O. The standard InChI is InChI=1S/C7H8F2N2O/c1-3-5(10)2-4(6(8)9)7(12)11-3/h2,6H,10H2,1H3,(H,11,12). The lowest BCUT2D eigenvalue weighted by atomic mass is 10.2. The van der Waals surface area contributed by atoms with Crippen molar-refractivity contribution in [2.45, 2.75) is 13.3 Å². The van der Waals surface area contributed by atoms with Crippen molar-refractivity contribution in [3.8, 4) is 0 Å². The van der Waals surface area contributed by atoms with Crippen molar-refractivity contribution in [1.29, 1.82) is 0 Å². The van der Waals surface area contributed by atoms with Crippen LogP contribution in [0.5, 0.6) is 0 Å². The number of aryl methyl sites for hydroxylation is 1. The van der Waals surface area contributed by atoms with Gasteiger partial charge in [0.15, 0.2) is 0 Å². The molecule has 0 fully saturated rings. The number of H-pyrrole nitrogens is 1. The molecule has 0 aliphatic carbocycles. The van der Waals surface area contributed by atoms with E-state index in [1.54, 1.807) is 6.92 Å². The molecule has 3 N–H and O–H groups in total. The number of nitrogens with two attached hydrogens (primary N) is 1. The molecule has 12 heavy (non-hydrogen) atoms. The van der Waals surface area contributed by atoms with Gasteiger partial charge in [-0.25, -0.2) is 8.78 Å². The Morgan fingerprint density at radius 2 is 2.17 bits per heavy atom. The number of hydrogen-bond acceptors (Lipinski definition) is 2. The highest BCUT2D eigenvalue weighted by Gasteiger charge is 2.12. The third-order valence-electron chi connectivity index (χ3n) is 1.54. The van der Waals surface area contributed by atoms with Crippen LogP contribution in [0.15, 0.2) is 10.9 Å². The summed E-state index contributed by atoms with van der Waals surface area (Å²) in [6, 6.07) is 0.999. The highest BCUT2D eigenvalue weighted by molar-refractivity contribution is 5.44. The van der Waals surface area contributed by atoms with Gasteiger partial charge in [0.2, 0.25) is 0 Å². The lowest BCUT2D eigenvalue weighted by Crippen LogP contribution is -2.15. The van der Waals surface area contributed by atoms with E-state index in [4.69, 9.17) is 5.73 Å². The van der Waals surface area contributed by atoms with Crippen molar-refractivity contribution in [3.63, 3.8) is 0 Å². The van der Waals surface area contributed by atoms with Crippen LogP contribution in [-0.2, 0) is 0 Å². The average Bonchev–Trinajstić information content (AvgIpc) is 1.96. The van der Waals surface area contributed by atoms with Crippen molar-refractivity contribution in [1.82, 2.24) is 4.98 Å². The van der Waals surface area contributed by atoms with Gasteiger partial charge in [-0.3, -0.25) is 4.79 Å². The van der Waals surface area contributed by atoms with Crippen LogP contribution < -0.4 is 11.3 Å². The first kappa shape index (κ1) is 8.70. The van der Waals surface area contributed by atoms with Crippen molar-refractivity contribution in [2.24, 2.45) is 0 Å². The SMILES string of the molecule is Cc1[nH]c(=O)c(C(F)F)cc1N. The molecule has 0 aromatic carbocycles. The van der Waals surface area contributed by atoms with Crippen LogP contribution in [-0.4, -0.2) is 4.98 Å². The first-order chi connectivity index (χ1) is 5.52. The normalized spacial score (nSPS) is 10.7. The van der Waals surface area contributed by atoms with Crippen molar-refractivity contribution < 1.29 is 8.78 Å². The van der Waals surface area contributed by atoms with Crippen molar-refractivity contribution in [3.05, 3.63) is 27.7 Å². The zero-order chi connectivity index (χ0) is 9.30. The number of rotatable bonds is 1. The fraction of sp³-hybridized carbons (Fsp3) is 0.286. The topological polar surface area (TPSA) is 58.9 Å². The maximum absolute atomic E-state index is 12.1. The second-order valence-electron chi connectivity index (χ2n) is 2.43. The Labute approximate surface area is 67.2 Å². The molecule has 0 saturated heterocycles. The fourth-order valence-electron chi connectivity index (χ4n) is 0.818. The van der Waals surface area contributed by atoms with Crippen LogP contribution in [0.25, 0.3) is 0 Å². The number of pyridine rings is 1. The second-order valence-corrected chi connectivity index (χ2v) is 2.43. The van der Waals surface area contributed by atoms with E-state index in [-0.39, 0.29) is 5.69 Å². The highest BCUT2D eigenvalue weighted by Crippen LogP contribution is 2.17. The minimum Gasteiger partial charge on any atom is -0.397 e. The van der Waals surface area contributed by atoms with Crippen LogP contribution in [0.1, 0.15) is 17.7 Å². The summed E-state index contributed by atoms with van der Waals surface area (Å²) in [6.45, 7) is 1.55. The quantitative estimate of drug-likeness (QED) is 0.672. The van der Waals surface area contributed by atoms with Gasteiger partial charge in [-0.2, -0.15) is 0 Å². The Bertz CT molecular complexity index is 346. The average molecular weight is 174 g/mol. The van der Waals surface area contributed by atoms with E-state index in [0.29, 0.717) is 5.69 Å². The zero-order valence-electron chi connectivity index (χ0n) is 6.40. The van der Waals surface area contributed by atoms with E-state index in [9.17, 15) is 13.6 Å². The Hall–Kier alpha value is -1.39. The molecule has 1 rings (SSSR count). The fourth-order valence-corrected chi connectivity index (χ4v) is 0.818. The van der Waals surface area contributed by atoms with Gasteiger partial charge in [0.1, 0.15) is 0 Å². The van der Waals surface area contributed by atoms with Gasteiger partial charge in [-0.15, -0.1) is 0 Å². The number of nitrogen functional groups attached to an aromatic ring is 1. The van der Waals surface area contributed by atoms with Crippen LogP contribution in [0.4, 0.5) is 14.5 Å². The van der Waals surface area contributed by atoms with Gasteiger partial charge in [-0.1, -0.05) is 0 Å². The first-order valence-corrected chi connectivity index (χ1v) is 3.30. The summed E-state index contributed by atoms with van der Waals surface area (Å²) in [5, 5.41) is 0. The molecule has 66 valence electrons. The smallest absolute Gasteiger partial charge is 0.269 e. The van der Waals surface area contributed by atoms with E-state index in [1.807, 2.05) is 0 Å². The van der Waals surface area contributed by atoms with E-state index in [1.165, 1.54) is 0 Å². The third-order valence-corrected chi connectivity index (χ3v) is 1.54. The Balaban J connectivity index is 3.33. The van der Waals surface area contributed by atoms with E-state index in [2.05, 4.69) is 4.98 Å². The molecule has 0 atom stereocenters. The molecule has 0 aliphatic heterocycles. The van der Waals surface area contributed by atoms with Gasteiger partial charge in [0.05, 0.1) is 11.3 Å². The largest absolute Gasteiger partial charge is 0.397 e. The molecule has 5 heteroatoms. The number of aromatic nitrogens is 1. The number of hydrogen-bond donors (Lipinski definition) is 2. The minimum absolute atomic E-state index is 0.171. The maximum Gasteiger partial charge on any atom is 0.269 e. The lowest BCUT2D eigenvalue weighted by molar-refractivity contribution is 0.149. The maximum atomic E-state index is 12.1. The molecular weight excluding hydrogens is 166 g/mol. The third kappa shape index (κ3) is 1.44. The lowest BCUT2D eigenvalue weighted by Gasteiger charge is -2.02. The molecule has 1 heterocycles. The Kier molecular flexibility index (Phi) is 2.12. The number of anilines is 1. The summed E-state index contributed by atoms with van der Waals surface area (Å²) in [5.41, 5.74) is 4.54. The van der Waals surface area contributed by atoms with Crippen LogP contribution in [0.3, 0.4) is 0 Å². The molecule has 0 saturated carbocycles. The number of nitrogens with one attached hydrogen (secondary N) is 1. The summed E-state index contributed by atoms with van der Waals surface area (Å²) in [6.07, 6.45) is -2.78. The monoisotopic (exact) mass is 174 g/mol. The Morgan fingerprint density at radius 3 is 2.67 bits per heavy atom. The minimum atomic E-state index is -2.78. The second kappa shape index (κ2) is 2.92. The van der Waals surface area contributed by atoms with E-state index >= 15 is 0 Å². The predicted molar refractivity (Wildman–Crippen MR) is 41.2 cm³/mol. The summed E-state index contributed by atoms with van der Waals surface area (Å²) < 4.78 is 24.1. The van der Waals surface area contributed by atoms with Gasteiger partial charge in [-0.05, 0) is 13.0 Å². The molecule has 1 aromatic rings. The molecule has 0 amide bonds. The van der Waals surface area contributed by atoms with Crippen LogP contribution >= 0.6 is 0 Å². The van der Waals surface area contributed by atoms with Gasteiger partial charge in [0, 0.05) is 5.69 Å². The summed E-state index contributed by atoms with van der Waals surface area (Å²) in [4.78, 5) is 13.1. The van der Waals surface area contributed by atoms with Gasteiger partial charge >= 0.3 is 0 Å². The highest BCUT2D eigenvalue weighted by atomic mass is 19.3. The molecule has 0 aliphatic rings. The van der Waals surface area contributed by atoms with E-state index in [0.717, 1.165) is 6.07 Å². The summed E-state index contributed by atoms with van der Waals surface area (Å²) in [7, 11) is 0. The molecule has 0 radical (unpaired) electrons. The zero-order valence-corrected chi connectivity index (χ0v) is 6.40. The van der Waals surface area contributed by atoms with Crippen molar-refractivity contribution in [2.75, 3.05) is 5.73 Å². The summed E-state index contributed by atoms with van der Waals surface area (Å²) in [5.74, 6) is 0. The van der Waals surface area contributed by atoms with Gasteiger partial charge in [0.25, 0.3) is 12.0 Å². The Morgan fingerprint density at radius 1 is 1.58 bits per heavy atom. The predicted octanol–water partition coefficient (Wildman–Crippen LogP) is 1.20. The number of halogens is 2. The molecule has 0 bridgehead atoms. The van der Waals surface area contributed by atoms with Crippen LogP contribution in [0.2, 0.25) is 0 Å². The van der Waals surface area contributed by atoms with Gasteiger partial charge < -0.3 is 10.7 Å². The molecule has 0 spiro atoms. The molecule has 0 unspecified atom stereocenters.